The van der Waals surface area contributed by atoms with Crippen molar-refractivity contribution < 1.29 is 4.79 Å². The van der Waals surface area contributed by atoms with Gasteiger partial charge in [0.15, 0.2) is 0 Å². The molecule has 1 aliphatic rings. The number of carbonyl (C=O) groups excluding carboxylic acids is 1. The van der Waals surface area contributed by atoms with Gasteiger partial charge in [-0.3, -0.25) is 0 Å². The van der Waals surface area contributed by atoms with Crippen LogP contribution in [-0.4, -0.2) is 19.1 Å². The van der Waals surface area contributed by atoms with E-state index >= 15 is 0 Å². The highest BCUT2D eigenvalue weighted by Crippen LogP contribution is 2.25. The van der Waals surface area contributed by atoms with Crippen molar-refractivity contribution in [1.29, 1.82) is 0 Å². The maximum atomic E-state index is 11.8. The Hall–Kier alpha value is -1.55. The molecule has 1 atom stereocenters. The third kappa shape index (κ3) is 5.05. The molecule has 0 aromatic heterocycles. The molecule has 1 unspecified atom stereocenters. The molecule has 3 N–H and O–H groups in total. The third-order valence-corrected chi connectivity index (χ3v) is 4.15. The largest absolute Gasteiger partial charge is 0.338 e. The van der Waals surface area contributed by atoms with Crippen LogP contribution in [0.15, 0.2) is 24.3 Å². The summed E-state index contributed by atoms with van der Waals surface area (Å²) in [5, 5.41) is 9.28. The van der Waals surface area contributed by atoms with Crippen molar-refractivity contribution in [2.75, 3.05) is 18.4 Å². The van der Waals surface area contributed by atoms with E-state index in [1.165, 1.54) is 24.8 Å². The number of rotatable bonds is 7. The molecule has 116 valence electrons. The minimum absolute atomic E-state index is 0.105. The van der Waals surface area contributed by atoms with E-state index in [9.17, 15) is 4.79 Å². The topological polar surface area (TPSA) is 53.2 Å². The lowest BCUT2D eigenvalue weighted by Gasteiger charge is -2.25. The Kier molecular flexibility index (Phi) is 6.05. The van der Waals surface area contributed by atoms with Gasteiger partial charge >= 0.3 is 6.03 Å². The van der Waals surface area contributed by atoms with E-state index < -0.39 is 0 Å². The van der Waals surface area contributed by atoms with Gasteiger partial charge in [-0.25, -0.2) is 4.79 Å². The van der Waals surface area contributed by atoms with Crippen LogP contribution in [-0.2, 0) is 0 Å². The number of hydrogen-bond acceptors (Lipinski definition) is 2. The van der Waals surface area contributed by atoms with Crippen molar-refractivity contribution in [3.8, 4) is 0 Å². The molecule has 1 aliphatic carbocycles. The fourth-order valence-electron chi connectivity index (χ4n) is 2.44. The molecule has 0 spiro atoms. The lowest BCUT2D eigenvalue weighted by Crippen LogP contribution is -2.35. The molecule has 1 fully saturated rings. The number of nitrogens with one attached hydrogen (secondary N) is 3. The number of carbonyl (C=O) groups is 1. The monoisotopic (exact) mass is 289 g/mol. The second-order valence-electron chi connectivity index (χ2n) is 5.93. The zero-order chi connectivity index (χ0) is 15.1. The summed E-state index contributed by atoms with van der Waals surface area (Å²) in [5.74, 6) is 0.684. The highest BCUT2D eigenvalue weighted by molar-refractivity contribution is 5.89. The van der Waals surface area contributed by atoms with Gasteiger partial charge in [0.2, 0.25) is 0 Å². The van der Waals surface area contributed by atoms with Crippen LogP contribution >= 0.6 is 0 Å². The van der Waals surface area contributed by atoms with Crippen LogP contribution in [0.5, 0.6) is 0 Å². The Morgan fingerprint density at radius 1 is 1.29 bits per heavy atom. The minimum atomic E-state index is -0.105. The predicted octanol–water partition coefficient (Wildman–Crippen LogP) is 3.67. The Bertz CT molecular complexity index is 440. The average Bonchev–Trinajstić information content (AvgIpc) is 2.44. The second-order valence-corrected chi connectivity index (χ2v) is 5.93. The molecule has 0 radical (unpaired) electrons. The molecule has 2 amide bonds. The summed E-state index contributed by atoms with van der Waals surface area (Å²) in [6, 6.07) is 8.28. The molecular weight excluding hydrogens is 262 g/mol. The molecule has 4 heteroatoms. The van der Waals surface area contributed by atoms with Gasteiger partial charge in [-0.2, -0.15) is 0 Å². The summed E-state index contributed by atoms with van der Waals surface area (Å²) >= 11 is 0. The molecule has 0 saturated heterocycles. The number of urea groups is 1. The molecule has 0 bridgehead atoms. The van der Waals surface area contributed by atoms with E-state index in [2.05, 4.69) is 41.9 Å². The maximum absolute atomic E-state index is 11.8. The van der Waals surface area contributed by atoms with Crippen molar-refractivity contribution in [1.82, 2.24) is 10.6 Å². The molecule has 0 aliphatic heterocycles. The van der Waals surface area contributed by atoms with E-state index in [0.717, 1.165) is 25.2 Å². The zero-order valence-electron chi connectivity index (χ0n) is 13.1. The number of amides is 2. The molecule has 21 heavy (non-hydrogen) atoms. The molecule has 1 aromatic rings. The average molecular weight is 289 g/mol. The van der Waals surface area contributed by atoms with Crippen molar-refractivity contribution in [3.05, 3.63) is 29.8 Å². The smallest absolute Gasteiger partial charge is 0.319 e. The summed E-state index contributed by atoms with van der Waals surface area (Å²) in [5.41, 5.74) is 2.08. The normalized spacial score (nSPS) is 16.1. The molecule has 4 nitrogen and oxygen atoms in total. The van der Waals surface area contributed by atoms with E-state index in [4.69, 9.17) is 0 Å². The van der Waals surface area contributed by atoms with Gasteiger partial charge in [-0.1, -0.05) is 25.5 Å². The lowest BCUT2D eigenvalue weighted by molar-refractivity contribution is 0.243. The number of benzene rings is 1. The van der Waals surface area contributed by atoms with Gasteiger partial charge in [0.1, 0.15) is 0 Å². The Morgan fingerprint density at radius 3 is 2.57 bits per heavy atom. The SMILES string of the molecule is CCCNC(C)c1ccc(NC(=O)NCC2CCC2)cc1. The van der Waals surface area contributed by atoms with Crippen LogP contribution < -0.4 is 16.0 Å². The molecule has 2 rings (SSSR count). The van der Waals surface area contributed by atoms with Crippen LogP contribution in [0.3, 0.4) is 0 Å². The molecule has 1 saturated carbocycles. The standard InChI is InChI=1S/C17H27N3O/c1-3-11-18-13(2)15-7-9-16(10-8-15)20-17(21)19-12-14-5-4-6-14/h7-10,13-14,18H,3-6,11-12H2,1-2H3,(H2,19,20,21). The Balaban J connectivity index is 1.76. The van der Waals surface area contributed by atoms with Gasteiger partial charge in [-0.05, 0) is 56.3 Å². The predicted molar refractivity (Wildman–Crippen MR) is 87.5 cm³/mol. The van der Waals surface area contributed by atoms with E-state index in [-0.39, 0.29) is 6.03 Å². The molecular formula is C17H27N3O. The van der Waals surface area contributed by atoms with Crippen LogP contribution in [0.4, 0.5) is 10.5 Å². The summed E-state index contributed by atoms with van der Waals surface area (Å²) < 4.78 is 0. The number of hydrogen-bond donors (Lipinski definition) is 3. The van der Waals surface area contributed by atoms with Crippen molar-refractivity contribution in [2.45, 2.75) is 45.6 Å². The highest BCUT2D eigenvalue weighted by Gasteiger charge is 2.17. The van der Waals surface area contributed by atoms with Crippen molar-refractivity contribution in [3.63, 3.8) is 0 Å². The molecule has 1 aromatic carbocycles. The summed E-state index contributed by atoms with van der Waals surface area (Å²) in [6.07, 6.45) is 4.93. The Morgan fingerprint density at radius 2 is 2.00 bits per heavy atom. The number of anilines is 1. The first kappa shape index (κ1) is 15.8. The van der Waals surface area contributed by atoms with Gasteiger partial charge in [-0.15, -0.1) is 0 Å². The van der Waals surface area contributed by atoms with Crippen LogP contribution in [0, 0.1) is 5.92 Å². The van der Waals surface area contributed by atoms with Crippen molar-refractivity contribution in [2.24, 2.45) is 5.92 Å². The minimum Gasteiger partial charge on any atom is -0.338 e. The highest BCUT2D eigenvalue weighted by atomic mass is 16.2. The first-order chi connectivity index (χ1) is 10.2. The van der Waals surface area contributed by atoms with Gasteiger partial charge < -0.3 is 16.0 Å². The summed E-state index contributed by atoms with van der Waals surface area (Å²) in [4.78, 5) is 11.8. The molecule has 0 heterocycles. The van der Waals surface area contributed by atoms with E-state index in [1.807, 2.05) is 12.1 Å². The second kappa shape index (κ2) is 8.03. The summed E-state index contributed by atoms with van der Waals surface area (Å²) in [6.45, 7) is 6.13. The first-order valence-electron chi connectivity index (χ1n) is 8.07. The van der Waals surface area contributed by atoms with E-state index in [1.54, 1.807) is 0 Å². The first-order valence-corrected chi connectivity index (χ1v) is 8.07. The van der Waals surface area contributed by atoms with Crippen molar-refractivity contribution >= 4 is 11.7 Å². The van der Waals surface area contributed by atoms with Gasteiger partial charge in [0.25, 0.3) is 0 Å². The zero-order valence-corrected chi connectivity index (χ0v) is 13.1. The maximum Gasteiger partial charge on any atom is 0.319 e. The van der Waals surface area contributed by atoms with Crippen LogP contribution in [0.25, 0.3) is 0 Å². The fraction of sp³-hybridized carbons (Fsp3) is 0.588. The van der Waals surface area contributed by atoms with Gasteiger partial charge in [0.05, 0.1) is 0 Å². The Labute approximate surface area is 127 Å². The van der Waals surface area contributed by atoms with Crippen LogP contribution in [0.2, 0.25) is 0 Å². The van der Waals surface area contributed by atoms with Gasteiger partial charge in [0, 0.05) is 18.3 Å². The quantitative estimate of drug-likeness (QED) is 0.717. The lowest BCUT2D eigenvalue weighted by atomic mass is 9.85. The third-order valence-electron chi connectivity index (χ3n) is 4.15. The van der Waals surface area contributed by atoms with E-state index in [0.29, 0.717) is 12.0 Å². The summed E-state index contributed by atoms with van der Waals surface area (Å²) in [7, 11) is 0. The van der Waals surface area contributed by atoms with Crippen LogP contribution in [0.1, 0.15) is 51.1 Å². The fourth-order valence-corrected chi connectivity index (χ4v) is 2.44.